The van der Waals surface area contributed by atoms with E-state index in [1.807, 2.05) is 84.3 Å². The first kappa shape index (κ1) is 51.2. The minimum atomic E-state index is 0.888. The average Bonchev–Trinajstić information content (AvgIpc) is 4.24. The quantitative estimate of drug-likeness (QED) is 0.127. The van der Waals surface area contributed by atoms with Crippen molar-refractivity contribution in [1.82, 2.24) is 4.98 Å². The van der Waals surface area contributed by atoms with Gasteiger partial charge in [-0.05, 0) is 160 Å². The van der Waals surface area contributed by atoms with Crippen LogP contribution in [0.4, 0.5) is 34.1 Å². The number of nitrogens with zero attached hydrogens (tertiary/aromatic N) is 1. The van der Waals surface area contributed by atoms with Gasteiger partial charge in [0.05, 0.1) is 0 Å². The third kappa shape index (κ3) is 11.1. The summed E-state index contributed by atoms with van der Waals surface area (Å²) in [5.74, 6) is 0. The van der Waals surface area contributed by atoms with E-state index in [1.54, 1.807) is 6.20 Å². The highest BCUT2D eigenvalue weighted by molar-refractivity contribution is 7.25. The zero-order chi connectivity index (χ0) is 56.0. The van der Waals surface area contributed by atoms with Crippen LogP contribution in [0.5, 0.6) is 0 Å². The van der Waals surface area contributed by atoms with Crippen molar-refractivity contribution in [2.24, 2.45) is 0 Å². The van der Waals surface area contributed by atoms with Gasteiger partial charge in [0.2, 0.25) is 0 Å². The second-order valence-electron chi connectivity index (χ2n) is 20.6. The van der Waals surface area contributed by atoms with Crippen LogP contribution in [-0.4, -0.2) is 4.98 Å². The molecule has 4 heterocycles. The summed E-state index contributed by atoms with van der Waals surface area (Å²) in [6, 6.07) is 103. The highest BCUT2D eigenvalue weighted by atomic mass is 32.1. The number of benzene rings is 12. The van der Waals surface area contributed by atoms with E-state index in [0.29, 0.717) is 0 Å². The number of hydrogen-bond donors (Lipinski definition) is 3. The number of fused-ring (bicyclic) bond motifs is 9. The smallest absolute Gasteiger partial charge is 0.137 e. The number of nitrogens with one attached hydrogen (secondary N) is 3. The van der Waals surface area contributed by atoms with E-state index in [1.165, 1.54) is 59.1 Å². The monoisotopic (exact) mass is 1100 g/mol. The van der Waals surface area contributed by atoms with Crippen molar-refractivity contribution in [2.45, 2.75) is 0 Å². The fourth-order valence-corrected chi connectivity index (χ4v) is 12.0. The Balaban J connectivity index is 0.000000113. The molecule has 0 unspecified atom stereocenters. The van der Waals surface area contributed by atoms with Gasteiger partial charge in [0.15, 0.2) is 0 Å². The molecule has 0 saturated heterocycles. The first-order valence-electron chi connectivity index (χ1n) is 28.0. The summed E-state index contributed by atoms with van der Waals surface area (Å²) >= 11 is 1.84. The summed E-state index contributed by atoms with van der Waals surface area (Å²) in [5.41, 5.74) is 19.4. The molecule has 7 heteroatoms. The lowest BCUT2D eigenvalue weighted by Gasteiger charge is -2.13. The number of pyridine rings is 1. The standard InChI is InChI=1S/C30H21NO.C24H17NO.C23H16N2S/c1-3-9-21(10-4-1)23-17-24(22-11-5-2-6-12-22)19-26(18-23)31-25-15-16-28-27-13-7-8-14-29(27)32-30(28)20-25;1-2-7-17(8-3-1)18-9-6-10-19(15-18)25-20-13-14-24-22(16-20)21-11-4-5-12-23(21)26-24;1-2-6-22-20(5-1)21-14-19(11-12-23(21)26-22)25-18-9-7-16(8-10-18)17-4-3-13-24-15-17/h1-20,31H;1-16,25H;1-15,25H. The zero-order valence-corrected chi connectivity index (χ0v) is 46.4. The van der Waals surface area contributed by atoms with Crippen LogP contribution in [0, 0.1) is 0 Å². The first-order valence-corrected chi connectivity index (χ1v) is 28.9. The van der Waals surface area contributed by atoms with Crippen molar-refractivity contribution in [1.29, 1.82) is 0 Å². The Bertz CT molecular complexity index is 4860. The molecule has 0 atom stereocenters. The number of thiophene rings is 1. The lowest BCUT2D eigenvalue weighted by atomic mass is 9.98. The van der Waals surface area contributed by atoms with E-state index < -0.39 is 0 Å². The molecule has 400 valence electrons. The van der Waals surface area contributed by atoms with Gasteiger partial charge in [-0.2, -0.15) is 0 Å². The van der Waals surface area contributed by atoms with Crippen molar-refractivity contribution in [3.8, 4) is 44.5 Å². The van der Waals surface area contributed by atoms with Crippen molar-refractivity contribution >= 4 is 110 Å². The molecule has 0 aliphatic heterocycles. The summed E-state index contributed by atoms with van der Waals surface area (Å²) in [7, 11) is 0. The van der Waals surface area contributed by atoms with Crippen molar-refractivity contribution in [2.75, 3.05) is 16.0 Å². The molecule has 4 aromatic heterocycles. The van der Waals surface area contributed by atoms with Gasteiger partial charge < -0.3 is 24.8 Å². The second-order valence-corrected chi connectivity index (χ2v) is 21.7. The molecule has 0 spiro atoms. The fourth-order valence-electron chi connectivity index (χ4n) is 10.9. The topological polar surface area (TPSA) is 75.3 Å². The van der Waals surface area contributed by atoms with E-state index in [0.717, 1.165) is 83.6 Å². The summed E-state index contributed by atoms with van der Waals surface area (Å²) in [4.78, 5) is 4.19. The third-order valence-corrected chi connectivity index (χ3v) is 16.1. The molecule has 84 heavy (non-hydrogen) atoms. The van der Waals surface area contributed by atoms with E-state index in [4.69, 9.17) is 8.83 Å². The van der Waals surface area contributed by atoms with Gasteiger partial charge in [0.25, 0.3) is 0 Å². The number of hydrogen-bond acceptors (Lipinski definition) is 7. The summed E-state index contributed by atoms with van der Waals surface area (Å²) in [5, 5.41) is 17.8. The normalized spacial score (nSPS) is 11.1. The number of aromatic nitrogens is 1. The maximum atomic E-state index is 6.08. The number of furan rings is 2. The van der Waals surface area contributed by atoms with Crippen LogP contribution in [0.1, 0.15) is 0 Å². The lowest BCUT2D eigenvalue weighted by Crippen LogP contribution is -1.92. The molecular weight excluding hydrogens is 1040 g/mol. The van der Waals surface area contributed by atoms with Crippen molar-refractivity contribution in [3.63, 3.8) is 0 Å². The molecular formula is C77H54N4O2S. The van der Waals surface area contributed by atoms with E-state index >= 15 is 0 Å². The largest absolute Gasteiger partial charge is 0.456 e. The maximum Gasteiger partial charge on any atom is 0.137 e. The van der Waals surface area contributed by atoms with E-state index in [-0.39, 0.29) is 0 Å². The Kier molecular flexibility index (Phi) is 14.2. The van der Waals surface area contributed by atoms with Crippen LogP contribution in [0.2, 0.25) is 0 Å². The molecule has 16 aromatic rings. The van der Waals surface area contributed by atoms with E-state index in [2.05, 4.69) is 251 Å². The molecule has 16 rings (SSSR count). The highest BCUT2D eigenvalue weighted by Crippen LogP contribution is 2.38. The Labute approximate surface area is 490 Å². The van der Waals surface area contributed by atoms with Gasteiger partial charge in [-0.3, -0.25) is 4.98 Å². The lowest BCUT2D eigenvalue weighted by molar-refractivity contribution is 0.668. The Morgan fingerprint density at radius 2 is 0.690 bits per heavy atom. The van der Waals surface area contributed by atoms with Crippen LogP contribution >= 0.6 is 11.3 Å². The first-order chi connectivity index (χ1) is 41.6. The summed E-state index contributed by atoms with van der Waals surface area (Å²) in [6.45, 7) is 0. The number of para-hydroxylation sites is 2. The van der Waals surface area contributed by atoms with Gasteiger partial charge >= 0.3 is 0 Å². The SMILES string of the molecule is c1ccc(-c2cc(Nc3ccc4c(c3)oc3ccccc34)cc(-c3ccccc3)c2)cc1.c1ccc(-c2cccc(Nc3ccc4oc5ccccc5c4c3)c2)cc1.c1cncc(-c2ccc(Nc3ccc4sc5ccccc5c4c3)cc2)c1. The van der Waals surface area contributed by atoms with Crippen molar-refractivity contribution < 1.29 is 8.83 Å². The molecule has 3 N–H and O–H groups in total. The van der Waals surface area contributed by atoms with Gasteiger partial charge in [0.1, 0.15) is 22.3 Å². The Hall–Kier alpha value is -11.0. The molecule has 0 aliphatic rings. The number of anilines is 6. The molecule has 0 aliphatic carbocycles. The minimum absolute atomic E-state index is 0.888. The van der Waals surface area contributed by atoms with Crippen LogP contribution in [-0.2, 0) is 0 Å². The second kappa shape index (κ2) is 23.2. The molecule has 0 amide bonds. The van der Waals surface area contributed by atoms with Crippen molar-refractivity contribution in [3.05, 3.63) is 310 Å². The summed E-state index contributed by atoms with van der Waals surface area (Å²) < 4.78 is 14.6. The molecule has 0 bridgehead atoms. The van der Waals surface area contributed by atoms with Crippen LogP contribution < -0.4 is 16.0 Å². The molecule has 0 fully saturated rings. The van der Waals surface area contributed by atoms with Gasteiger partial charge in [-0.1, -0.05) is 176 Å². The fraction of sp³-hybridized carbons (Fsp3) is 0. The van der Waals surface area contributed by atoms with Gasteiger partial charge in [-0.25, -0.2) is 0 Å². The highest BCUT2D eigenvalue weighted by Gasteiger charge is 2.12. The maximum absolute atomic E-state index is 6.08. The average molecular weight is 1100 g/mol. The molecule has 0 radical (unpaired) electrons. The van der Waals surface area contributed by atoms with Gasteiger partial charge in [0, 0.05) is 94.3 Å². The molecule has 12 aromatic carbocycles. The zero-order valence-electron chi connectivity index (χ0n) is 45.6. The van der Waals surface area contributed by atoms with E-state index in [9.17, 15) is 0 Å². The summed E-state index contributed by atoms with van der Waals surface area (Å²) in [6.07, 6.45) is 3.68. The predicted molar refractivity (Wildman–Crippen MR) is 355 cm³/mol. The van der Waals surface area contributed by atoms with Crippen LogP contribution in [0.25, 0.3) is 109 Å². The predicted octanol–water partition coefficient (Wildman–Crippen LogP) is 22.5. The Morgan fingerprint density at radius 3 is 1.38 bits per heavy atom. The Morgan fingerprint density at radius 1 is 0.238 bits per heavy atom. The van der Waals surface area contributed by atoms with Gasteiger partial charge in [-0.15, -0.1) is 11.3 Å². The van der Waals surface area contributed by atoms with Crippen LogP contribution in [0.15, 0.2) is 318 Å². The molecule has 6 nitrogen and oxygen atoms in total. The number of rotatable bonds is 10. The third-order valence-electron chi connectivity index (χ3n) is 15.0. The molecule has 0 saturated carbocycles. The minimum Gasteiger partial charge on any atom is -0.456 e. The van der Waals surface area contributed by atoms with Crippen LogP contribution in [0.3, 0.4) is 0 Å².